The molecule has 7 nitrogen and oxygen atoms in total. The standard InChI is InChI=1S/C26H29N5O2/c27-26(32)23-17-28-25(16-24(23)31(22-10-11-22)21-4-2-1-3-5-21)29-20-8-6-19(7-9-20)18-30-12-14-33-15-13-30/h1-9,16-17,22H,10-15,18H2,(H2,27,32)(H,28,29). The van der Waals surface area contributed by atoms with E-state index < -0.39 is 5.91 Å². The van der Waals surface area contributed by atoms with Crippen molar-refractivity contribution < 1.29 is 9.53 Å². The number of para-hydroxylation sites is 1. The van der Waals surface area contributed by atoms with Crippen LogP contribution in [0.3, 0.4) is 0 Å². The fourth-order valence-electron chi connectivity index (χ4n) is 4.23. The smallest absolute Gasteiger partial charge is 0.252 e. The second-order valence-corrected chi connectivity index (χ2v) is 8.60. The van der Waals surface area contributed by atoms with Crippen LogP contribution in [0.15, 0.2) is 66.9 Å². The van der Waals surface area contributed by atoms with Gasteiger partial charge >= 0.3 is 0 Å². The van der Waals surface area contributed by atoms with Crippen LogP contribution in [-0.4, -0.2) is 48.1 Å². The van der Waals surface area contributed by atoms with Crippen molar-refractivity contribution in [3.8, 4) is 0 Å². The summed E-state index contributed by atoms with van der Waals surface area (Å²) in [6.07, 6.45) is 3.75. The lowest BCUT2D eigenvalue weighted by atomic mass is 10.1. The summed E-state index contributed by atoms with van der Waals surface area (Å²) in [5.41, 5.74) is 10.2. The van der Waals surface area contributed by atoms with Crippen molar-refractivity contribution in [3.05, 3.63) is 78.0 Å². The Hall–Kier alpha value is -3.42. The van der Waals surface area contributed by atoms with Gasteiger partial charge in [0.25, 0.3) is 5.91 Å². The molecule has 3 N–H and O–H groups in total. The zero-order valence-corrected chi connectivity index (χ0v) is 18.6. The molecule has 1 amide bonds. The van der Waals surface area contributed by atoms with Gasteiger partial charge in [0.2, 0.25) is 0 Å². The van der Waals surface area contributed by atoms with Crippen molar-refractivity contribution in [1.82, 2.24) is 9.88 Å². The lowest BCUT2D eigenvalue weighted by molar-refractivity contribution is 0.0342. The van der Waals surface area contributed by atoms with E-state index in [0.29, 0.717) is 17.4 Å². The van der Waals surface area contributed by atoms with E-state index >= 15 is 0 Å². The number of hydrogen-bond acceptors (Lipinski definition) is 6. The molecule has 2 aromatic carbocycles. The first-order valence-electron chi connectivity index (χ1n) is 11.5. The molecule has 1 saturated heterocycles. The largest absolute Gasteiger partial charge is 0.379 e. The molecular weight excluding hydrogens is 414 g/mol. The third-order valence-corrected chi connectivity index (χ3v) is 6.09. The number of morpholine rings is 1. The lowest BCUT2D eigenvalue weighted by Gasteiger charge is -2.27. The molecule has 2 heterocycles. The number of hydrogen-bond donors (Lipinski definition) is 2. The minimum absolute atomic E-state index is 0.361. The van der Waals surface area contributed by atoms with Crippen LogP contribution >= 0.6 is 0 Å². The quantitative estimate of drug-likeness (QED) is 0.546. The third kappa shape index (κ3) is 5.16. The number of primary amides is 1. The summed E-state index contributed by atoms with van der Waals surface area (Å²) in [7, 11) is 0. The van der Waals surface area contributed by atoms with Gasteiger partial charge in [-0.1, -0.05) is 30.3 Å². The zero-order valence-electron chi connectivity index (χ0n) is 18.6. The Balaban J connectivity index is 1.37. The molecule has 1 saturated carbocycles. The van der Waals surface area contributed by atoms with E-state index in [1.54, 1.807) is 6.20 Å². The number of carbonyl (C=O) groups excluding carboxylic acids is 1. The number of rotatable bonds is 8. The second-order valence-electron chi connectivity index (χ2n) is 8.60. The molecule has 1 aromatic heterocycles. The van der Waals surface area contributed by atoms with Crippen LogP contribution in [0, 0.1) is 0 Å². The van der Waals surface area contributed by atoms with E-state index in [-0.39, 0.29) is 0 Å². The second kappa shape index (κ2) is 9.60. The van der Waals surface area contributed by atoms with Gasteiger partial charge in [-0.3, -0.25) is 9.69 Å². The Bertz CT molecular complexity index is 1090. The topological polar surface area (TPSA) is 83.7 Å². The van der Waals surface area contributed by atoms with Crippen molar-refractivity contribution in [3.63, 3.8) is 0 Å². The maximum absolute atomic E-state index is 12.2. The van der Waals surface area contributed by atoms with Gasteiger partial charge < -0.3 is 20.7 Å². The van der Waals surface area contributed by atoms with E-state index in [4.69, 9.17) is 10.5 Å². The van der Waals surface area contributed by atoms with Gasteiger partial charge in [0, 0.05) is 49.3 Å². The summed E-state index contributed by atoms with van der Waals surface area (Å²) < 4.78 is 5.43. The van der Waals surface area contributed by atoms with Gasteiger partial charge in [0.1, 0.15) is 5.82 Å². The number of pyridine rings is 1. The van der Waals surface area contributed by atoms with E-state index in [9.17, 15) is 4.79 Å². The molecule has 0 spiro atoms. The number of nitrogens with two attached hydrogens (primary N) is 1. The number of aromatic nitrogens is 1. The average Bonchev–Trinajstić information content (AvgIpc) is 3.67. The summed E-state index contributed by atoms with van der Waals surface area (Å²) in [6, 6.07) is 20.8. The highest BCUT2D eigenvalue weighted by Gasteiger charge is 2.32. The van der Waals surface area contributed by atoms with Crippen molar-refractivity contribution in [2.24, 2.45) is 5.73 Å². The molecule has 2 aliphatic rings. The summed E-state index contributed by atoms with van der Waals surface area (Å²) >= 11 is 0. The van der Waals surface area contributed by atoms with E-state index in [1.165, 1.54) is 5.56 Å². The highest BCUT2D eigenvalue weighted by atomic mass is 16.5. The fraction of sp³-hybridized carbons (Fsp3) is 0.308. The minimum atomic E-state index is -0.474. The third-order valence-electron chi connectivity index (χ3n) is 6.09. The number of nitrogens with zero attached hydrogens (tertiary/aromatic N) is 3. The molecule has 0 bridgehead atoms. The van der Waals surface area contributed by atoms with Crippen molar-refractivity contribution in [2.75, 3.05) is 36.5 Å². The Labute approximate surface area is 194 Å². The zero-order chi connectivity index (χ0) is 22.6. The van der Waals surface area contributed by atoms with Gasteiger partial charge in [-0.05, 0) is 42.7 Å². The fourth-order valence-corrected chi connectivity index (χ4v) is 4.23. The Kier molecular flexibility index (Phi) is 6.24. The summed E-state index contributed by atoms with van der Waals surface area (Å²) in [6.45, 7) is 4.47. The SMILES string of the molecule is NC(=O)c1cnc(Nc2ccc(CN3CCOCC3)cc2)cc1N(c1ccccc1)C1CC1. The molecule has 1 aliphatic carbocycles. The molecule has 7 heteroatoms. The predicted octanol–water partition coefficient (Wildman–Crippen LogP) is 4.06. The van der Waals surface area contributed by atoms with Crippen LogP contribution in [0.5, 0.6) is 0 Å². The van der Waals surface area contributed by atoms with Gasteiger partial charge in [0.15, 0.2) is 0 Å². The van der Waals surface area contributed by atoms with Crippen molar-refractivity contribution >= 4 is 28.8 Å². The first kappa shape index (κ1) is 21.4. The molecule has 0 unspecified atom stereocenters. The van der Waals surface area contributed by atoms with Crippen LogP contribution in [0.1, 0.15) is 28.8 Å². The number of carbonyl (C=O) groups is 1. The molecule has 2 fully saturated rings. The van der Waals surface area contributed by atoms with Crippen LogP contribution in [0.4, 0.5) is 22.9 Å². The van der Waals surface area contributed by atoms with Crippen molar-refractivity contribution in [2.45, 2.75) is 25.4 Å². The normalized spacial score (nSPS) is 16.4. The summed E-state index contributed by atoms with van der Waals surface area (Å²) in [5.74, 6) is 0.204. The average molecular weight is 444 g/mol. The number of amides is 1. The van der Waals surface area contributed by atoms with Gasteiger partial charge in [-0.2, -0.15) is 0 Å². The monoisotopic (exact) mass is 443 g/mol. The predicted molar refractivity (Wildman–Crippen MR) is 130 cm³/mol. The highest BCUT2D eigenvalue weighted by molar-refractivity contribution is 6.00. The van der Waals surface area contributed by atoms with Gasteiger partial charge in [-0.25, -0.2) is 4.98 Å². The first-order valence-corrected chi connectivity index (χ1v) is 11.5. The molecule has 0 radical (unpaired) electrons. The van der Waals surface area contributed by atoms with Crippen LogP contribution < -0.4 is 16.0 Å². The first-order chi connectivity index (χ1) is 16.2. The maximum atomic E-state index is 12.2. The Morgan fingerprint density at radius 1 is 1.09 bits per heavy atom. The Morgan fingerprint density at radius 3 is 2.48 bits per heavy atom. The van der Waals surface area contributed by atoms with Crippen LogP contribution in [-0.2, 0) is 11.3 Å². The Morgan fingerprint density at radius 2 is 1.82 bits per heavy atom. The molecule has 5 rings (SSSR count). The molecule has 0 atom stereocenters. The molecular formula is C26H29N5O2. The van der Waals surface area contributed by atoms with E-state index in [0.717, 1.165) is 62.8 Å². The van der Waals surface area contributed by atoms with Gasteiger partial charge in [-0.15, -0.1) is 0 Å². The van der Waals surface area contributed by atoms with Crippen molar-refractivity contribution in [1.29, 1.82) is 0 Å². The number of benzene rings is 2. The molecule has 33 heavy (non-hydrogen) atoms. The summed E-state index contributed by atoms with van der Waals surface area (Å²) in [4.78, 5) is 21.3. The van der Waals surface area contributed by atoms with E-state index in [1.807, 2.05) is 24.3 Å². The molecule has 170 valence electrons. The van der Waals surface area contributed by atoms with Gasteiger partial charge in [0.05, 0.1) is 24.5 Å². The number of anilines is 4. The lowest BCUT2D eigenvalue weighted by Crippen LogP contribution is -2.35. The molecule has 3 aromatic rings. The van der Waals surface area contributed by atoms with Crippen LogP contribution in [0.25, 0.3) is 0 Å². The molecule has 1 aliphatic heterocycles. The van der Waals surface area contributed by atoms with E-state index in [2.05, 4.69) is 56.5 Å². The van der Waals surface area contributed by atoms with Crippen LogP contribution in [0.2, 0.25) is 0 Å². The highest BCUT2D eigenvalue weighted by Crippen LogP contribution is 2.40. The summed E-state index contributed by atoms with van der Waals surface area (Å²) in [5, 5.41) is 3.38. The maximum Gasteiger partial charge on any atom is 0.252 e. The number of ether oxygens (including phenoxy) is 1. The number of nitrogens with one attached hydrogen (secondary N) is 1. The minimum Gasteiger partial charge on any atom is -0.379 e.